The zero-order chi connectivity index (χ0) is 12.3. The molecule has 1 nitrogen and oxygen atoms in total. The second kappa shape index (κ2) is 5.54. The molecule has 4 heteroatoms. The Kier molecular flexibility index (Phi) is 4.06. The van der Waals surface area contributed by atoms with Crippen LogP contribution in [-0.2, 0) is 0 Å². The Morgan fingerprint density at radius 3 is 2.18 bits per heavy atom. The SMILES string of the molecule is Clc1cc(Cl)cc(C=Nc2ccccc2Cl)c1. The van der Waals surface area contributed by atoms with Crippen LogP contribution in [0.3, 0.4) is 0 Å². The zero-order valence-electron chi connectivity index (χ0n) is 8.70. The number of hydrogen-bond donors (Lipinski definition) is 0. The molecule has 2 rings (SSSR count). The molecule has 0 aliphatic heterocycles. The fourth-order valence-corrected chi connectivity index (χ4v) is 2.08. The van der Waals surface area contributed by atoms with E-state index in [0.29, 0.717) is 20.8 Å². The molecular weight excluding hydrogens is 277 g/mol. The van der Waals surface area contributed by atoms with Gasteiger partial charge in [-0.05, 0) is 35.9 Å². The van der Waals surface area contributed by atoms with Crippen LogP contribution < -0.4 is 0 Å². The van der Waals surface area contributed by atoms with Crippen LogP contribution in [0.1, 0.15) is 5.56 Å². The molecule has 0 bridgehead atoms. The predicted octanol–water partition coefficient (Wildman–Crippen LogP) is 5.40. The van der Waals surface area contributed by atoms with Crippen LogP contribution >= 0.6 is 34.8 Å². The molecule has 0 amide bonds. The molecule has 0 aliphatic carbocycles. The van der Waals surface area contributed by atoms with E-state index in [1.54, 1.807) is 30.5 Å². The molecule has 0 aliphatic rings. The number of hydrogen-bond acceptors (Lipinski definition) is 1. The Morgan fingerprint density at radius 1 is 0.882 bits per heavy atom. The third-order valence-corrected chi connectivity index (χ3v) is 2.85. The van der Waals surface area contributed by atoms with Crippen LogP contribution in [0.5, 0.6) is 0 Å². The first kappa shape index (κ1) is 12.4. The summed E-state index contributed by atoms with van der Waals surface area (Å²) in [6.45, 7) is 0. The number of nitrogens with zero attached hydrogens (tertiary/aromatic N) is 1. The predicted molar refractivity (Wildman–Crippen MR) is 75.2 cm³/mol. The van der Waals surface area contributed by atoms with Crippen molar-refractivity contribution < 1.29 is 0 Å². The van der Waals surface area contributed by atoms with E-state index in [0.717, 1.165) is 5.56 Å². The average Bonchev–Trinajstić information content (AvgIpc) is 2.27. The summed E-state index contributed by atoms with van der Waals surface area (Å²) in [5.41, 5.74) is 1.55. The minimum absolute atomic E-state index is 0.582. The van der Waals surface area contributed by atoms with E-state index >= 15 is 0 Å². The molecule has 0 spiro atoms. The second-order valence-electron chi connectivity index (χ2n) is 3.41. The van der Waals surface area contributed by atoms with Crippen LogP contribution in [0.4, 0.5) is 5.69 Å². The molecule has 0 unspecified atom stereocenters. The molecule has 0 radical (unpaired) electrons. The van der Waals surface area contributed by atoms with Crippen molar-refractivity contribution >= 4 is 46.7 Å². The average molecular weight is 285 g/mol. The first-order valence-corrected chi connectivity index (χ1v) is 6.03. The third kappa shape index (κ3) is 3.47. The lowest BCUT2D eigenvalue weighted by atomic mass is 10.2. The fraction of sp³-hybridized carbons (Fsp3) is 0. The number of aliphatic imine (C=N–C) groups is 1. The van der Waals surface area contributed by atoms with E-state index in [2.05, 4.69) is 4.99 Å². The number of benzene rings is 2. The maximum atomic E-state index is 5.99. The molecule has 0 saturated heterocycles. The van der Waals surface area contributed by atoms with Crippen molar-refractivity contribution in [2.45, 2.75) is 0 Å². The quantitative estimate of drug-likeness (QED) is 0.655. The van der Waals surface area contributed by atoms with Crippen LogP contribution in [0, 0.1) is 0 Å². The molecular formula is C13H8Cl3N. The molecule has 0 N–H and O–H groups in total. The first-order chi connectivity index (χ1) is 8.15. The molecule has 0 heterocycles. The van der Waals surface area contributed by atoms with Crippen molar-refractivity contribution in [1.29, 1.82) is 0 Å². The molecule has 0 fully saturated rings. The zero-order valence-corrected chi connectivity index (χ0v) is 11.0. The fourth-order valence-electron chi connectivity index (χ4n) is 1.35. The van der Waals surface area contributed by atoms with Gasteiger partial charge < -0.3 is 0 Å². The second-order valence-corrected chi connectivity index (χ2v) is 4.69. The lowest BCUT2D eigenvalue weighted by Gasteiger charge is -1.98. The van der Waals surface area contributed by atoms with Crippen molar-refractivity contribution in [2.24, 2.45) is 4.99 Å². The molecule has 2 aromatic rings. The van der Waals surface area contributed by atoms with E-state index in [1.165, 1.54) is 0 Å². The van der Waals surface area contributed by atoms with Crippen molar-refractivity contribution in [3.63, 3.8) is 0 Å². The van der Waals surface area contributed by atoms with Gasteiger partial charge >= 0.3 is 0 Å². The first-order valence-electron chi connectivity index (χ1n) is 4.90. The highest BCUT2D eigenvalue weighted by Crippen LogP contribution is 2.24. The maximum Gasteiger partial charge on any atom is 0.0816 e. The van der Waals surface area contributed by atoms with Crippen molar-refractivity contribution in [1.82, 2.24) is 0 Å². The van der Waals surface area contributed by atoms with Crippen LogP contribution in [-0.4, -0.2) is 6.21 Å². The summed E-state index contributed by atoms with van der Waals surface area (Å²) in [5, 5.41) is 1.77. The van der Waals surface area contributed by atoms with Crippen molar-refractivity contribution in [3.8, 4) is 0 Å². The lowest BCUT2D eigenvalue weighted by Crippen LogP contribution is -1.81. The van der Waals surface area contributed by atoms with Gasteiger partial charge in [-0.1, -0.05) is 46.9 Å². The topological polar surface area (TPSA) is 12.4 Å². The summed E-state index contributed by atoms with van der Waals surface area (Å²) < 4.78 is 0. The van der Waals surface area contributed by atoms with Gasteiger partial charge in [0.15, 0.2) is 0 Å². The van der Waals surface area contributed by atoms with Gasteiger partial charge in [-0.3, -0.25) is 4.99 Å². The van der Waals surface area contributed by atoms with Gasteiger partial charge in [-0.25, -0.2) is 0 Å². The highest BCUT2D eigenvalue weighted by molar-refractivity contribution is 6.35. The summed E-state index contributed by atoms with van der Waals surface area (Å²) in [4.78, 5) is 4.28. The van der Waals surface area contributed by atoms with Gasteiger partial charge in [0.25, 0.3) is 0 Å². The van der Waals surface area contributed by atoms with Gasteiger partial charge in [0.1, 0.15) is 0 Å². The molecule has 0 atom stereocenters. The minimum Gasteiger partial charge on any atom is -0.255 e. The van der Waals surface area contributed by atoms with Gasteiger partial charge in [-0.2, -0.15) is 0 Å². The normalized spacial score (nSPS) is 11.0. The van der Waals surface area contributed by atoms with Crippen LogP contribution in [0.25, 0.3) is 0 Å². The molecule has 0 aromatic heterocycles. The van der Waals surface area contributed by atoms with E-state index in [1.807, 2.05) is 18.2 Å². The Hall–Kier alpha value is -1.02. The Morgan fingerprint density at radius 2 is 1.53 bits per heavy atom. The minimum atomic E-state index is 0.582. The Labute approximate surface area is 115 Å². The number of halogens is 3. The Balaban J connectivity index is 2.29. The molecule has 0 saturated carbocycles. The summed E-state index contributed by atoms with van der Waals surface area (Å²) in [5.74, 6) is 0. The largest absolute Gasteiger partial charge is 0.255 e. The van der Waals surface area contributed by atoms with Gasteiger partial charge in [0.2, 0.25) is 0 Å². The van der Waals surface area contributed by atoms with E-state index < -0.39 is 0 Å². The van der Waals surface area contributed by atoms with E-state index in [9.17, 15) is 0 Å². The van der Waals surface area contributed by atoms with Crippen molar-refractivity contribution in [2.75, 3.05) is 0 Å². The number of rotatable bonds is 2. The highest BCUT2D eigenvalue weighted by Gasteiger charge is 1.97. The Bertz CT molecular complexity index is 544. The molecule has 17 heavy (non-hydrogen) atoms. The van der Waals surface area contributed by atoms with Crippen LogP contribution in [0.2, 0.25) is 15.1 Å². The smallest absolute Gasteiger partial charge is 0.0816 e. The third-order valence-electron chi connectivity index (χ3n) is 2.09. The van der Waals surface area contributed by atoms with Gasteiger partial charge in [0, 0.05) is 16.3 Å². The summed E-state index contributed by atoms with van der Waals surface area (Å²) in [7, 11) is 0. The van der Waals surface area contributed by atoms with E-state index in [-0.39, 0.29) is 0 Å². The van der Waals surface area contributed by atoms with Crippen molar-refractivity contribution in [3.05, 3.63) is 63.1 Å². The number of para-hydroxylation sites is 1. The highest BCUT2D eigenvalue weighted by atomic mass is 35.5. The summed E-state index contributed by atoms with van der Waals surface area (Å²) in [6, 6.07) is 12.6. The maximum absolute atomic E-state index is 5.99. The standard InChI is InChI=1S/C13H8Cl3N/c14-10-5-9(6-11(15)7-10)8-17-13-4-2-1-3-12(13)16/h1-8H. The van der Waals surface area contributed by atoms with Gasteiger partial charge in [-0.15, -0.1) is 0 Å². The lowest BCUT2D eigenvalue weighted by molar-refractivity contribution is 1.52. The van der Waals surface area contributed by atoms with E-state index in [4.69, 9.17) is 34.8 Å². The molecule has 86 valence electrons. The summed E-state index contributed by atoms with van der Waals surface area (Å²) in [6.07, 6.45) is 1.68. The summed E-state index contributed by atoms with van der Waals surface area (Å²) >= 11 is 17.8. The van der Waals surface area contributed by atoms with Crippen LogP contribution in [0.15, 0.2) is 47.5 Å². The van der Waals surface area contributed by atoms with Gasteiger partial charge in [0.05, 0.1) is 10.7 Å². The monoisotopic (exact) mass is 283 g/mol. The molecule has 2 aromatic carbocycles.